The topological polar surface area (TPSA) is 180 Å². The van der Waals surface area contributed by atoms with E-state index < -0.39 is 28.3 Å². The van der Waals surface area contributed by atoms with Crippen LogP contribution in [0.2, 0.25) is 0 Å². The Hall–Kier alpha value is -2.56. The summed E-state index contributed by atoms with van der Waals surface area (Å²) >= 11 is 7.80. The first-order valence-corrected chi connectivity index (χ1v) is 11.9. The van der Waals surface area contributed by atoms with Crippen LogP contribution in [-0.4, -0.2) is 76.1 Å². The van der Waals surface area contributed by atoms with E-state index in [2.05, 4.69) is 43.5 Å². The van der Waals surface area contributed by atoms with Crippen LogP contribution in [0, 0.1) is 0 Å². The van der Waals surface area contributed by atoms with Crippen molar-refractivity contribution >= 4 is 75.3 Å². The van der Waals surface area contributed by atoms with Gasteiger partial charge in [0.1, 0.15) is 27.8 Å². The molecule has 16 heteroatoms. The number of nitrogens with two attached hydrogens (primary N) is 1. The van der Waals surface area contributed by atoms with Gasteiger partial charge in [0.05, 0.1) is 6.20 Å². The Morgan fingerprint density at radius 1 is 1.52 bits per heavy atom. The number of hydrogen-bond acceptors (Lipinski definition) is 12. The number of oxime groups is 1. The smallest absolute Gasteiger partial charge is 0.276 e. The number of aromatic nitrogens is 4. The van der Waals surface area contributed by atoms with E-state index in [1.54, 1.807) is 6.20 Å². The van der Waals surface area contributed by atoms with Crippen molar-refractivity contribution in [1.29, 1.82) is 0 Å². The zero-order valence-electron chi connectivity index (χ0n) is 15.4. The van der Waals surface area contributed by atoms with Crippen molar-refractivity contribution in [2.45, 2.75) is 16.4 Å². The predicted octanol–water partition coefficient (Wildman–Crippen LogP) is -0.0756. The van der Waals surface area contributed by atoms with Crippen molar-refractivity contribution in [1.82, 2.24) is 30.6 Å². The highest BCUT2D eigenvalue weighted by molar-refractivity contribution is 8.01. The van der Waals surface area contributed by atoms with Crippen LogP contribution in [0.15, 0.2) is 33.0 Å². The van der Waals surface area contributed by atoms with Gasteiger partial charge in [-0.25, -0.2) is 4.98 Å². The number of H-pyrrole nitrogens is 1. The van der Waals surface area contributed by atoms with Crippen molar-refractivity contribution in [3.8, 4) is 0 Å². The van der Waals surface area contributed by atoms with Gasteiger partial charge in [0, 0.05) is 16.9 Å². The molecule has 162 valence electrons. The number of amides is 2. The minimum absolute atomic E-state index is 0.0979. The third kappa shape index (κ3) is 4.15. The Kier molecular flexibility index (Phi) is 6.22. The molecule has 0 unspecified atom stereocenters. The average molecular weight is 499 g/mol. The maximum absolute atomic E-state index is 12.8. The molecule has 0 aromatic carbocycles. The summed E-state index contributed by atoms with van der Waals surface area (Å²) in [6.07, 6.45) is 1.56. The van der Waals surface area contributed by atoms with Gasteiger partial charge in [0.15, 0.2) is 10.8 Å². The summed E-state index contributed by atoms with van der Waals surface area (Å²) < 4.78 is 0. The van der Waals surface area contributed by atoms with E-state index in [1.165, 1.54) is 33.8 Å². The van der Waals surface area contributed by atoms with Crippen LogP contribution >= 0.6 is 47.5 Å². The lowest BCUT2D eigenvalue weighted by atomic mass is 10.0. The number of nitrogens with zero attached hydrogens (tertiary/aromatic N) is 5. The number of thioether (sulfide) groups is 2. The molecular weight excluding hydrogens is 484 g/mol. The largest absolute Gasteiger partial charge is 0.410 e. The van der Waals surface area contributed by atoms with Crippen LogP contribution in [-0.2, 0) is 14.4 Å². The fraction of sp³-hybridized carbons (Fsp3) is 0.267. The minimum atomic E-state index is -0.891. The van der Waals surface area contributed by atoms with Crippen LogP contribution in [0.4, 0.5) is 5.13 Å². The lowest BCUT2D eigenvalue weighted by Crippen LogP contribution is -2.71. The van der Waals surface area contributed by atoms with Crippen LogP contribution in [0.1, 0.15) is 5.69 Å². The molecule has 0 saturated carbocycles. The molecule has 2 aromatic heterocycles. The summed E-state index contributed by atoms with van der Waals surface area (Å²) in [7, 11) is 0. The standard InChI is InChI=1S/C15H14N8O4S4/c16-15-18-6(4-31-15)8(21-27)11(24)19-9-12(25)23-10(14(26)28)5(3-30-13(9)23)2-29-7-1-17-22-20-7/h1,4,9,13,27H,2-3H2,(H2,16,18)(H,19,24)(H,26,28)(H,17,20,22)/b21-8+/t9-,13-/m1/s1. The Balaban J connectivity index is 1.48. The van der Waals surface area contributed by atoms with Crippen LogP contribution in [0.3, 0.4) is 0 Å². The molecule has 1 saturated heterocycles. The highest BCUT2D eigenvalue weighted by Gasteiger charge is 2.53. The molecule has 0 bridgehead atoms. The van der Waals surface area contributed by atoms with E-state index >= 15 is 0 Å². The molecule has 4 heterocycles. The second-order valence-corrected chi connectivity index (χ2v) is 9.63. The SMILES string of the molecule is Nc1nc(/C(=N\O)C(=O)N[C@@H]2C(=O)N3C(C(=O)S)=C(CSc4cn[nH]n4)CS[C@H]23)cs1. The summed E-state index contributed by atoms with van der Waals surface area (Å²) in [4.78, 5) is 42.8. The van der Waals surface area contributed by atoms with E-state index in [0.717, 1.165) is 16.9 Å². The van der Waals surface area contributed by atoms with Crippen molar-refractivity contribution in [2.24, 2.45) is 5.16 Å². The first-order valence-electron chi connectivity index (χ1n) is 8.53. The van der Waals surface area contributed by atoms with E-state index in [4.69, 9.17) is 5.73 Å². The van der Waals surface area contributed by atoms with Gasteiger partial charge in [0.2, 0.25) is 5.12 Å². The van der Waals surface area contributed by atoms with Crippen molar-refractivity contribution < 1.29 is 19.6 Å². The van der Waals surface area contributed by atoms with Crippen LogP contribution < -0.4 is 11.1 Å². The molecule has 1 fully saturated rings. The summed E-state index contributed by atoms with van der Waals surface area (Å²) in [5.41, 5.74) is 6.24. The van der Waals surface area contributed by atoms with Crippen molar-refractivity contribution in [3.63, 3.8) is 0 Å². The molecule has 0 radical (unpaired) electrons. The summed E-state index contributed by atoms with van der Waals surface area (Å²) in [5, 5.41) is 26.3. The molecule has 2 aromatic rings. The maximum atomic E-state index is 12.8. The van der Waals surface area contributed by atoms with E-state index in [1.807, 2.05) is 0 Å². The second kappa shape index (κ2) is 8.89. The maximum Gasteiger partial charge on any atom is 0.276 e. The number of carbonyl (C=O) groups excluding carboxylic acids is 3. The van der Waals surface area contributed by atoms with E-state index in [9.17, 15) is 19.6 Å². The number of β-lactam (4-membered cyclic amide) rings is 1. The van der Waals surface area contributed by atoms with Crippen molar-refractivity contribution in [2.75, 3.05) is 17.2 Å². The number of rotatable bonds is 7. The molecule has 2 amide bonds. The lowest BCUT2D eigenvalue weighted by Gasteiger charge is -2.49. The molecule has 0 spiro atoms. The molecule has 12 nitrogen and oxygen atoms in total. The van der Waals surface area contributed by atoms with Crippen LogP contribution in [0.25, 0.3) is 0 Å². The van der Waals surface area contributed by atoms with Gasteiger partial charge >= 0.3 is 0 Å². The molecule has 2 atom stereocenters. The quantitative estimate of drug-likeness (QED) is 0.0865. The zero-order valence-corrected chi connectivity index (χ0v) is 18.7. The van der Waals surface area contributed by atoms with Gasteiger partial charge < -0.3 is 16.3 Å². The number of hydrogen-bond donors (Lipinski definition) is 5. The molecule has 31 heavy (non-hydrogen) atoms. The van der Waals surface area contributed by atoms with Gasteiger partial charge in [-0.3, -0.25) is 19.3 Å². The number of nitrogens with one attached hydrogen (secondary N) is 2. The molecule has 4 rings (SSSR count). The number of aromatic amines is 1. The third-order valence-electron chi connectivity index (χ3n) is 4.40. The predicted molar refractivity (Wildman–Crippen MR) is 118 cm³/mol. The minimum Gasteiger partial charge on any atom is -0.410 e. The van der Waals surface area contributed by atoms with Crippen molar-refractivity contribution in [3.05, 3.63) is 28.5 Å². The second-order valence-electron chi connectivity index (χ2n) is 6.23. The Morgan fingerprint density at radius 3 is 2.94 bits per heavy atom. The summed E-state index contributed by atoms with van der Waals surface area (Å²) in [6.45, 7) is 0. The average Bonchev–Trinajstić information content (AvgIpc) is 3.42. The number of thiol groups is 1. The van der Waals surface area contributed by atoms with E-state index in [0.29, 0.717) is 16.5 Å². The Labute approximate surface area is 192 Å². The highest BCUT2D eigenvalue weighted by Crippen LogP contribution is 2.42. The molecule has 0 aliphatic carbocycles. The molecule has 5 N–H and O–H groups in total. The van der Waals surface area contributed by atoms with E-state index in [-0.39, 0.29) is 22.2 Å². The van der Waals surface area contributed by atoms with Gasteiger partial charge in [0.25, 0.3) is 11.8 Å². The number of fused-ring (bicyclic) bond motifs is 1. The molecular formula is C15H14N8O4S4. The normalized spacial score (nSPS) is 21.0. The van der Waals surface area contributed by atoms with Gasteiger partial charge in [-0.1, -0.05) is 29.5 Å². The number of carbonyl (C=O) groups is 3. The summed E-state index contributed by atoms with van der Waals surface area (Å²) in [5.74, 6) is -0.332. The number of anilines is 1. The number of nitrogen functional groups attached to an aromatic ring is 1. The van der Waals surface area contributed by atoms with Crippen LogP contribution in [0.5, 0.6) is 0 Å². The van der Waals surface area contributed by atoms with Gasteiger partial charge in [-0.05, 0) is 5.57 Å². The Bertz CT molecular complexity index is 1100. The monoisotopic (exact) mass is 498 g/mol. The molecule has 2 aliphatic rings. The summed E-state index contributed by atoms with van der Waals surface area (Å²) in [6, 6.07) is -0.891. The third-order valence-corrected chi connectivity index (χ3v) is 7.61. The zero-order chi connectivity index (χ0) is 22.1. The first-order chi connectivity index (χ1) is 14.9. The first kappa shape index (κ1) is 21.7. The fourth-order valence-electron chi connectivity index (χ4n) is 3.03. The lowest BCUT2D eigenvalue weighted by molar-refractivity contribution is -0.146. The number of thiazole rings is 1. The Morgan fingerprint density at radius 2 is 2.32 bits per heavy atom. The van der Waals surface area contributed by atoms with Gasteiger partial charge in [-0.2, -0.15) is 10.3 Å². The fourth-order valence-corrected chi connectivity index (χ4v) is 6.12. The highest BCUT2D eigenvalue weighted by atomic mass is 32.2. The van der Waals surface area contributed by atoms with Gasteiger partial charge in [-0.15, -0.1) is 28.2 Å². The molecule has 2 aliphatic heterocycles.